The fourth-order valence-corrected chi connectivity index (χ4v) is 3.21. The first-order chi connectivity index (χ1) is 9.79. The molecule has 0 saturated carbocycles. The molecule has 1 aromatic rings. The highest BCUT2D eigenvalue weighted by molar-refractivity contribution is 7.88. The molecule has 0 atom stereocenters. The van der Waals surface area contributed by atoms with E-state index < -0.39 is 15.9 Å². The molecule has 0 unspecified atom stereocenters. The monoisotopic (exact) mass is 313 g/mol. The van der Waals surface area contributed by atoms with Gasteiger partial charge < -0.3 is 16.2 Å². The van der Waals surface area contributed by atoms with Crippen LogP contribution in [0.3, 0.4) is 0 Å². The van der Waals surface area contributed by atoms with Crippen LogP contribution < -0.4 is 11.1 Å². The molecular formula is C13H19N3O4S. The average molecular weight is 313 g/mol. The number of aromatic hydroxyl groups is 1. The van der Waals surface area contributed by atoms with Gasteiger partial charge in [-0.3, -0.25) is 4.79 Å². The van der Waals surface area contributed by atoms with Crippen molar-refractivity contribution in [2.75, 3.05) is 25.1 Å². The summed E-state index contributed by atoms with van der Waals surface area (Å²) in [5, 5.41) is 12.6. The van der Waals surface area contributed by atoms with E-state index in [0.717, 1.165) is 0 Å². The van der Waals surface area contributed by atoms with Crippen molar-refractivity contribution in [3.8, 4) is 5.75 Å². The van der Waals surface area contributed by atoms with Crippen LogP contribution in [-0.2, 0) is 10.0 Å². The van der Waals surface area contributed by atoms with Crippen LogP contribution in [0, 0.1) is 0 Å². The van der Waals surface area contributed by atoms with Crippen molar-refractivity contribution in [2.24, 2.45) is 0 Å². The second-order valence-corrected chi connectivity index (χ2v) is 7.14. The Morgan fingerprint density at radius 3 is 2.57 bits per heavy atom. The molecule has 116 valence electrons. The van der Waals surface area contributed by atoms with Gasteiger partial charge in [-0.2, -0.15) is 0 Å². The summed E-state index contributed by atoms with van der Waals surface area (Å²) >= 11 is 0. The zero-order valence-corrected chi connectivity index (χ0v) is 12.6. The molecule has 1 aliphatic rings. The second kappa shape index (κ2) is 5.90. The molecule has 1 aromatic carbocycles. The summed E-state index contributed by atoms with van der Waals surface area (Å²) < 4.78 is 24.2. The van der Waals surface area contributed by atoms with Gasteiger partial charge in [0.1, 0.15) is 0 Å². The van der Waals surface area contributed by atoms with Crippen LogP contribution in [0.5, 0.6) is 5.75 Å². The van der Waals surface area contributed by atoms with Crippen LogP contribution in [0.25, 0.3) is 0 Å². The van der Waals surface area contributed by atoms with E-state index in [0.29, 0.717) is 25.9 Å². The molecule has 0 aliphatic carbocycles. The standard InChI is InChI=1S/C13H19N3O4S/c1-21(19,20)16-7-5-9(6-8-16)15-13(18)10-3-2-4-11(14)12(10)17/h2-4,9,17H,5-8,14H2,1H3,(H,15,18). The zero-order chi connectivity index (χ0) is 15.6. The molecule has 0 bridgehead atoms. The number of nitrogens with two attached hydrogens (primary N) is 1. The molecule has 0 radical (unpaired) electrons. The number of carbonyl (C=O) groups excluding carboxylic acids is 1. The summed E-state index contributed by atoms with van der Waals surface area (Å²) in [4.78, 5) is 12.1. The van der Waals surface area contributed by atoms with Crippen molar-refractivity contribution in [2.45, 2.75) is 18.9 Å². The van der Waals surface area contributed by atoms with E-state index in [1.54, 1.807) is 6.07 Å². The summed E-state index contributed by atoms with van der Waals surface area (Å²) in [6, 6.07) is 4.48. The summed E-state index contributed by atoms with van der Waals surface area (Å²) in [5.74, 6) is -0.638. The first-order valence-corrected chi connectivity index (χ1v) is 8.47. The highest BCUT2D eigenvalue weighted by Crippen LogP contribution is 2.24. The van der Waals surface area contributed by atoms with Crippen LogP contribution in [-0.4, -0.2) is 49.1 Å². The number of para-hydroxylation sites is 1. The number of nitrogens with one attached hydrogen (secondary N) is 1. The Hall–Kier alpha value is -1.80. The van der Waals surface area contributed by atoms with E-state index >= 15 is 0 Å². The van der Waals surface area contributed by atoms with Crippen molar-refractivity contribution in [1.29, 1.82) is 0 Å². The minimum atomic E-state index is -3.18. The van der Waals surface area contributed by atoms with E-state index in [1.165, 1.54) is 22.7 Å². The number of hydrogen-bond donors (Lipinski definition) is 3. The maximum atomic E-state index is 12.1. The van der Waals surface area contributed by atoms with E-state index in [4.69, 9.17) is 5.73 Å². The molecule has 1 fully saturated rings. The first kappa shape index (κ1) is 15.6. The van der Waals surface area contributed by atoms with Gasteiger partial charge in [-0.1, -0.05) is 6.07 Å². The Labute approximate surface area is 123 Å². The number of rotatable bonds is 3. The van der Waals surface area contributed by atoms with Gasteiger partial charge in [0, 0.05) is 19.1 Å². The third kappa shape index (κ3) is 3.64. The van der Waals surface area contributed by atoms with Gasteiger partial charge in [-0.05, 0) is 25.0 Å². The van der Waals surface area contributed by atoms with Gasteiger partial charge in [-0.15, -0.1) is 0 Å². The summed E-state index contributed by atoms with van der Waals surface area (Å²) in [5.41, 5.74) is 5.83. The molecule has 0 spiro atoms. The average Bonchev–Trinajstić information content (AvgIpc) is 2.41. The minimum absolute atomic E-state index is 0.115. The number of sulfonamides is 1. The SMILES string of the molecule is CS(=O)(=O)N1CCC(NC(=O)c2cccc(N)c2O)CC1. The number of nitrogen functional groups attached to an aromatic ring is 1. The van der Waals surface area contributed by atoms with Crippen molar-refractivity contribution in [3.05, 3.63) is 23.8 Å². The molecular weight excluding hydrogens is 294 g/mol. The van der Waals surface area contributed by atoms with Gasteiger partial charge in [0.15, 0.2) is 5.75 Å². The largest absolute Gasteiger partial charge is 0.505 e. The molecule has 1 amide bonds. The predicted molar refractivity (Wildman–Crippen MR) is 79.4 cm³/mol. The van der Waals surface area contributed by atoms with Crippen LogP contribution in [0.15, 0.2) is 18.2 Å². The predicted octanol–water partition coefficient (Wildman–Crippen LogP) is 0.128. The number of phenols is 1. The van der Waals surface area contributed by atoms with Crippen LogP contribution in [0.1, 0.15) is 23.2 Å². The number of phenolic OH excluding ortho intramolecular Hbond substituents is 1. The normalized spacial score (nSPS) is 17.6. The first-order valence-electron chi connectivity index (χ1n) is 6.62. The lowest BCUT2D eigenvalue weighted by atomic mass is 10.1. The number of hydrogen-bond acceptors (Lipinski definition) is 5. The highest BCUT2D eigenvalue weighted by Gasteiger charge is 2.26. The quantitative estimate of drug-likeness (QED) is 0.542. The van der Waals surface area contributed by atoms with Crippen LogP contribution in [0.2, 0.25) is 0 Å². The van der Waals surface area contributed by atoms with Gasteiger partial charge >= 0.3 is 0 Å². The third-order valence-electron chi connectivity index (χ3n) is 3.57. The highest BCUT2D eigenvalue weighted by atomic mass is 32.2. The number of anilines is 1. The van der Waals surface area contributed by atoms with Crippen molar-refractivity contribution in [3.63, 3.8) is 0 Å². The fraction of sp³-hybridized carbons (Fsp3) is 0.462. The molecule has 4 N–H and O–H groups in total. The number of nitrogens with zero attached hydrogens (tertiary/aromatic N) is 1. The molecule has 2 rings (SSSR count). The number of carbonyl (C=O) groups is 1. The Morgan fingerprint density at radius 2 is 2.00 bits per heavy atom. The molecule has 1 aliphatic heterocycles. The number of amides is 1. The molecule has 1 saturated heterocycles. The number of piperidine rings is 1. The van der Waals surface area contributed by atoms with E-state index in [1.807, 2.05) is 0 Å². The maximum absolute atomic E-state index is 12.1. The summed E-state index contributed by atoms with van der Waals surface area (Å²) in [6.45, 7) is 0.763. The summed E-state index contributed by atoms with van der Waals surface area (Å²) in [6.07, 6.45) is 2.26. The Morgan fingerprint density at radius 1 is 1.38 bits per heavy atom. The van der Waals surface area contributed by atoms with E-state index in [9.17, 15) is 18.3 Å². The third-order valence-corrected chi connectivity index (χ3v) is 4.87. The fourth-order valence-electron chi connectivity index (χ4n) is 2.34. The number of benzene rings is 1. The van der Waals surface area contributed by atoms with Gasteiger partial charge in [0.25, 0.3) is 5.91 Å². The smallest absolute Gasteiger partial charge is 0.255 e. The Balaban J connectivity index is 1.98. The van der Waals surface area contributed by atoms with Crippen molar-refractivity contribution >= 4 is 21.6 Å². The van der Waals surface area contributed by atoms with Gasteiger partial charge in [0.2, 0.25) is 10.0 Å². The second-order valence-electron chi connectivity index (χ2n) is 5.15. The van der Waals surface area contributed by atoms with Gasteiger partial charge in [0.05, 0.1) is 17.5 Å². The minimum Gasteiger partial charge on any atom is -0.505 e. The van der Waals surface area contributed by atoms with Crippen molar-refractivity contribution in [1.82, 2.24) is 9.62 Å². The maximum Gasteiger partial charge on any atom is 0.255 e. The molecule has 0 aromatic heterocycles. The molecule has 7 nitrogen and oxygen atoms in total. The Bertz CT molecular complexity index is 637. The Kier molecular flexibility index (Phi) is 4.38. The summed E-state index contributed by atoms with van der Waals surface area (Å²) in [7, 11) is -3.18. The van der Waals surface area contributed by atoms with Gasteiger partial charge in [-0.25, -0.2) is 12.7 Å². The lowest BCUT2D eigenvalue weighted by Crippen LogP contribution is -2.46. The van der Waals surface area contributed by atoms with E-state index in [2.05, 4.69) is 5.32 Å². The van der Waals surface area contributed by atoms with Crippen LogP contribution >= 0.6 is 0 Å². The zero-order valence-electron chi connectivity index (χ0n) is 11.7. The lowest BCUT2D eigenvalue weighted by molar-refractivity contribution is 0.0921. The lowest BCUT2D eigenvalue weighted by Gasteiger charge is -2.30. The molecule has 21 heavy (non-hydrogen) atoms. The molecule has 8 heteroatoms. The van der Waals surface area contributed by atoms with Crippen molar-refractivity contribution < 1.29 is 18.3 Å². The topological polar surface area (TPSA) is 113 Å². The van der Waals surface area contributed by atoms with E-state index in [-0.39, 0.29) is 23.0 Å². The molecule has 1 heterocycles. The van der Waals surface area contributed by atoms with Crippen LogP contribution in [0.4, 0.5) is 5.69 Å².